The van der Waals surface area contributed by atoms with E-state index in [9.17, 15) is 14.4 Å². The smallest absolute Gasteiger partial charge is 0.332 e. The number of anilines is 1. The lowest BCUT2D eigenvalue weighted by atomic mass is 10.1. The maximum atomic E-state index is 12.8. The van der Waals surface area contributed by atoms with E-state index in [4.69, 9.17) is 4.74 Å². The number of carbonyl (C=O) groups excluding carboxylic acids is 1. The Kier molecular flexibility index (Phi) is 5.57. The van der Waals surface area contributed by atoms with Crippen LogP contribution in [0.4, 0.5) is 5.69 Å². The normalized spacial score (nSPS) is 11.1. The van der Waals surface area contributed by atoms with E-state index >= 15 is 0 Å². The first-order chi connectivity index (χ1) is 12.9. The van der Waals surface area contributed by atoms with Gasteiger partial charge in [-0.2, -0.15) is 0 Å². The second kappa shape index (κ2) is 7.89. The van der Waals surface area contributed by atoms with Crippen LogP contribution in [0.2, 0.25) is 0 Å². The van der Waals surface area contributed by atoms with Crippen LogP contribution in [0.5, 0.6) is 0 Å². The Labute approximate surface area is 159 Å². The molecule has 3 aromatic rings. The number of fused-ring (bicyclic) bond motifs is 1. The Morgan fingerprint density at radius 2 is 1.96 bits per heavy atom. The summed E-state index contributed by atoms with van der Waals surface area (Å²) in [5.41, 5.74) is 2.35. The summed E-state index contributed by atoms with van der Waals surface area (Å²) in [6.07, 6.45) is 0. The number of nitrogens with one attached hydrogen (secondary N) is 1. The van der Waals surface area contributed by atoms with E-state index in [1.807, 2.05) is 32.0 Å². The van der Waals surface area contributed by atoms with Gasteiger partial charge >= 0.3 is 5.69 Å². The van der Waals surface area contributed by atoms with Gasteiger partial charge in [-0.1, -0.05) is 17.7 Å². The highest BCUT2D eigenvalue weighted by Gasteiger charge is 2.16. The molecular formula is C19H21N3O4S. The summed E-state index contributed by atoms with van der Waals surface area (Å²) in [5, 5.41) is 4.58. The number of methoxy groups -OCH3 is 1. The van der Waals surface area contributed by atoms with Crippen molar-refractivity contribution < 1.29 is 9.53 Å². The van der Waals surface area contributed by atoms with Crippen molar-refractivity contribution in [1.29, 1.82) is 0 Å². The summed E-state index contributed by atoms with van der Waals surface area (Å²) in [7, 11) is 1.50. The molecule has 0 spiro atoms. The first-order valence-corrected chi connectivity index (χ1v) is 9.37. The number of aromatic nitrogens is 2. The van der Waals surface area contributed by atoms with E-state index in [2.05, 4.69) is 5.32 Å². The van der Waals surface area contributed by atoms with Crippen molar-refractivity contribution in [2.75, 3.05) is 19.0 Å². The molecule has 27 heavy (non-hydrogen) atoms. The Morgan fingerprint density at radius 1 is 1.19 bits per heavy atom. The number of hydrogen-bond donors (Lipinski definition) is 1. The third-order valence-electron chi connectivity index (χ3n) is 4.31. The van der Waals surface area contributed by atoms with Crippen LogP contribution in [0.15, 0.2) is 39.2 Å². The highest BCUT2D eigenvalue weighted by Crippen LogP contribution is 2.17. The average molecular weight is 387 g/mol. The van der Waals surface area contributed by atoms with Gasteiger partial charge in [0, 0.05) is 12.8 Å². The summed E-state index contributed by atoms with van der Waals surface area (Å²) in [6, 6.07) is 7.42. The van der Waals surface area contributed by atoms with Gasteiger partial charge in [0.05, 0.1) is 18.7 Å². The topological polar surface area (TPSA) is 82.3 Å². The number of amides is 1. The van der Waals surface area contributed by atoms with E-state index in [-0.39, 0.29) is 31.2 Å². The summed E-state index contributed by atoms with van der Waals surface area (Å²) >= 11 is 1.25. The molecule has 0 aliphatic rings. The molecule has 3 rings (SSSR count). The predicted molar refractivity (Wildman–Crippen MR) is 107 cm³/mol. The van der Waals surface area contributed by atoms with E-state index < -0.39 is 5.69 Å². The van der Waals surface area contributed by atoms with Crippen molar-refractivity contribution in [3.63, 3.8) is 0 Å². The van der Waals surface area contributed by atoms with Gasteiger partial charge in [-0.05, 0) is 36.9 Å². The first-order valence-electron chi connectivity index (χ1n) is 8.49. The van der Waals surface area contributed by atoms with Crippen molar-refractivity contribution >= 4 is 33.1 Å². The minimum atomic E-state index is -0.515. The van der Waals surface area contributed by atoms with Gasteiger partial charge in [-0.3, -0.25) is 18.7 Å². The predicted octanol–water partition coefficient (Wildman–Crippen LogP) is 2.13. The molecular weight excluding hydrogens is 366 g/mol. The summed E-state index contributed by atoms with van der Waals surface area (Å²) in [6.45, 7) is 4.10. The number of nitrogens with zero attached hydrogens (tertiary/aromatic N) is 2. The van der Waals surface area contributed by atoms with E-state index in [1.165, 1.54) is 23.0 Å². The number of hydrogen-bond acceptors (Lipinski definition) is 5. The maximum Gasteiger partial charge on any atom is 0.332 e. The molecule has 0 fully saturated rings. The molecule has 142 valence electrons. The van der Waals surface area contributed by atoms with Gasteiger partial charge in [0.2, 0.25) is 5.91 Å². The monoisotopic (exact) mass is 387 g/mol. The molecule has 1 N–H and O–H groups in total. The van der Waals surface area contributed by atoms with Crippen LogP contribution in [-0.2, 0) is 22.6 Å². The minimum Gasteiger partial charge on any atom is -0.383 e. The van der Waals surface area contributed by atoms with Crippen molar-refractivity contribution in [3.8, 4) is 0 Å². The molecule has 2 aromatic heterocycles. The Hall–Kier alpha value is -2.71. The number of thiophene rings is 1. The number of carbonyl (C=O) groups is 1. The van der Waals surface area contributed by atoms with Crippen LogP contribution in [0.25, 0.3) is 10.2 Å². The molecule has 0 bridgehead atoms. The van der Waals surface area contributed by atoms with Crippen LogP contribution >= 0.6 is 11.3 Å². The first kappa shape index (κ1) is 19.1. The molecule has 0 saturated carbocycles. The zero-order valence-corrected chi connectivity index (χ0v) is 16.3. The van der Waals surface area contributed by atoms with Gasteiger partial charge in [-0.15, -0.1) is 11.3 Å². The lowest BCUT2D eigenvalue weighted by Gasteiger charge is -2.13. The SMILES string of the molecule is COCCn1c(=O)c2sccc2n(CC(=O)Nc2ccc(C)cc2C)c1=O. The molecule has 0 aliphatic heterocycles. The van der Waals surface area contributed by atoms with Crippen LogP contribution in [0.3, 0.4) is 0 Å². The Bertz CT molecular complexity index is 1110. The molecule has 7 nitrogen and oxygen atoms in total. The molecule has 2 heterocycles. The zero-order valence-electron chi connectivity index (χ0n) is 15.4. The highest BCUT2D eigenvalue weighted by molar-refractivity contribution is 7.17. The Morgan fingerprint density at radius 3 is 2.67 bits per heavy atom. The van der Waals surface area contributed by atoms with Crippen LogP contribution < -0.4 is 16.6 Å². The third kappa shape index (κ3) is 3.86. The van der Waals surface area contributed by atoms with E-state index in [1.54, 1.807) is 11.4 Å². The second-order valence-corrected chi connectivity index (χ2v) is 7.24. The number of ether oxygens (including phenoxy) is 1. The number of benzene rings is 1. The van der Waals surface area contributed by atoms with Crippen LogP contribution in [0, 0.1) is 13.8 Å². The van der Waals surface area contributed by atoms with Crippen molar-refractivity contribution in [2.45, 2.75) is 26.9 Å². The van der Waals surface area contributed by atoms with Crippen molar-refractivity contribution in [2.24, 2.45) is 0 Å². The molecule has 8 heteroatoms. The van der Waals surface area contributed by atoms with Crippen molar-refractivity contribution in [1.82, 2.24) is 9.13 Å². The molecule has 0 unspecified atom stereocenters. The Balaban J connectivity index is 1.96. The largest absolute Gasteiger partial charge is 0.383 e. The quantitative estimate of drug-likeness (QED) is 0.702. The maximum absolute atomic E-state index is 12.8. The van der Waals surface area contributed by atoms with Gasteiger partial charge in [-0.25, -0.2) is 4.79 Å². The third-order valence-corrected chi connectivity index (χ3v) is 5.20. The van der Waals surface area contributed by atoms with Gasteiger partial charge in [0.15, 0.2) is 0 Å². The fraction of sp³-hybridized carbons (Fsp3) is 0.316. The molecule has 1 aromatic carbocycles. The molecule has 1 amide bonds. The molecule has 0 radical (unpaired) electrons. The van der Waals surface area contributed by atoms with Gasteiger partial charge < -0.3 is 10.1 Å². The number of aryl methyl sites for hydroxylation is 2. The minimum absolute atomic E-state index is 0.140. The molecule has 0 saturated heterocycles. The van der Waals surface area contributed by atoms with Crippen molar-refractivity contribution in [3.05, 3.63) is 61.6 Å². The number of rotatable bonds is 6. The summed E-state index contributed by atoms with van der Waals surface area (Å²) < 4.78 is 7.89. The average Bonchev–Trinajstić information content (AvgIpc) is 3.11. The van der Waals surface area contributed by atoms with Crippen LogP contribution in [0.1, 0.15) is 11.1 Å². The zero-order chi connectivity index (χ0) is 19.6. The fourth-order valence-corrected chi connectivity index (χ4v) is 3.80. The van der Waals surface area contributed by atoms with Gasteiger partial charge in [0.1, 0.15) is 11.2 Å². The van der Waals surface area contributed by atoms with Crippen LogP contribution in [-0.4, -0.2) is 28.8 Å². The van der Waals surface area contributed by atoms with E-state index in [0.717, 1.165) is 15.7 Å². The lowest BCUT2D eigenvalue weighted by Crippen LogP contribution is -2.42. The summed E-state index contributed by atoms with van der Waals surface area (Å²) in [4.78, 5) is 37.9. The van der Waals surface area contributed by atoms with E-state index in [0.29, 0.717) is 15.9 Å². The fourth-order valence-electron chi connectivity index (χ4n) is 2.95. The highest BCUT2D eigenvalue weighted by atomic mass is 32.1. The summed E-state index contributed by atoms with van der Waals surface area (Å²) in [5.74, 6) is -0.325. The standard InChI is InChI=1S/C19H21N3O4S/c1-12-4-5-14(13(2)10-12)20-16(23)11-22-15-6-9-27-17(15)18(24)21(19(22)25)7-8-26-3/h4-6,9-10H,7-8,11H2,1-3H3,(H,20,23). The molecule has 0 atom stereocenters. The lowest BCUT2D eigenvalue weighted by molar-refractivity contribution is -0.116. The second-order valence-electron chi connectivity index (χ2n) is 6.32. The van der Waals surface area contributed by atoms with Gasteiger partial charge in [0.25, 0.3) is 5.56 Å². The molecule has 0 aliphatic carbocycles.